The number of aliphatic hydroxyl groups excluding tert-OH is 1. The zero-order chi connectivity index (χ0) is 7.14. The van der Waals surface area contributed by atoms with Crippen LogP contribution < -0.4 is 0 Å². The third kappa shape index (κ3) is 0.968. The Kier molecular flexibility index (Phi) is 1.48. The molecule has 0 spiro atoms. The monoisotopic (exact) mass is 140 g/mol. The molecule has 2 rings (SSSR count). The van der Waals surface area contributed by atoms with E-state index in [4.69, 9.17) is 0 Å². The van der Waals surface area contributed by atoms with Crippen LogP contribution in [0, 0.1) is 17.8 Å². The first kappa shape index (κ1) is 6.66. The molecule has 2 aliphatic carbocycles. The Labute approximate surface area is 62.4 Å². The minimum absolute atomic E-state index is 0.0440. The molecular weight excluding hydrogens is 124 g/mol. The number of fused-ring (bicyclic) bond motifs is 1. The second kappa shape index (κ2) is 2.23. The zero-order valence-electron chi connectivity index (χ0n) is 6.59. The van der Waals surface area contributed by atoms with Crippen molar-refractivity contribution in [2.75, 3.05) is 0 Å². The Bertz CT molecular complexity index is 105. The molecule has 0 aromatic carbocycles. The molecule has 1 nitrogen and oxygen atoms in total. The molecule has 0 unspecified atom stereocenters. The fraction of sp³-hybridized carbons (Fsp3) is 1.00. The fourth-order valence-corrected chi connectivity index (χ4v) is 2.89. The average Bonchev–Trinajstić information content (AvgIpc) is 2.21. The van der Waals surface area contributed by atoms with Crippen LogP contribution >= 0.6 is 0 Å². The Balaban J connectivity index is 2.00. The van der Waals surface area contributed by atoms with E-state index in [1.807, 2.05) is 0 Å². The van der Waals surface area contributed by atoms with E-state index in [0.29, 0.717) is 0 Å². The van der Waals surface area contributed by atoms with Crippen molar-refractivity contribution in [3.63, 3.8) is 0 Å². The summed E-state index contributed by atoms with van der Waals surface area (Å²) in [6, 6.07) is 0. The number of aliphatic hydroxyl groups is 1. The summed E-state index contributed by atoms with van der Waals surface area (Å²) in [7, 11) is 0. The lowest BCUT2D eigenvalue weighted by Gasteiger charge is -2.04. The molecule has 0 amide bonds. The van der Waals surface area contributed by atoms with Crippen LogP contribution in [-0.4, -0.2) is 11.2 Å². The Morgan fingerprint density at radius 1 is 1.00 bits per heavy atom. The van der Waals surface area contributed by atoms with Crippen LogP contribution in [0.5, 0.6) is 0 Å². The molecule has 0 aliphatic heterocycles. The van der Waals surface area contributed by atoms with Gasteiger partial charge in [-0.1, -0.05) is 6.92 Å². The predicted molar refractivity (Wildman–Crippen MR) is 40.6 cm³/mol. The Hall–Kier alpha value is -0.0400. The number of rotatable bonds is 0. The SMILES string of the molecule is C[C@@H]1C[C@@H]2C[C@H](O)C[C@@H]2C1. The lowest BCUT2D eigenvalue weighted by molar-refractivity contribution is 0.169. The normalized spacial score (nSPS) is 53.4. The van der Waals surface area contributed by atoms with Crippen LogP contribution in [0.25, 0.3) is 0 Å². The third-order valence-electron chi connectivity index (χ3n) is 3.23. The van der Waals surface area contributed by atoms with Crippen molar-refractivity contribution < 1.29 is 5.11 Å². The van der Waals surface area contributed by atoms with Gasteiger partial charge in [-0.15, -0.1) is 0 Å². The maximum absolute atomic E-state index is 9.32. The Morgan fingerprint density at radius 2 is 1.50 bits per heavy atom. The van der Waals surface area contributed by atoms with Crippen LogP contribution in [0.15, 0.2) is 0 Å². The smallest absolute Gasteiger partial charge is 0.0545 e. The summed E-state index contributed by atoms with van der Waals surface area (Å²) >= 11 is 0. The first-order valence-electron chi connectivity index (χ1n) is 4.43. The van der Waals surface area contributed by atoms with Crippen LogP contribution in [0.4, 0.5) is 0 Å². The van der Waals surface area contributed by atoms with Gasteiger partial charge in [-0.3, -0.25) is 0 Å². The molecule has 2 saturated carbocycles. The fourth-order valence-electron chi connectivity index (χ4n) is 2.89. The standard InChI is InChI=1S/C9H16O/c1-6-2-7-4-9(10)5-8(7)3-6/h6-10H,2-5H2,1H3/t6-,7-,8+,9+. The maximum Gasteiger partial charge on any atom is 0.0545 e. The van der Waals surface area contributed by atoms with Crippen LogP contribution in [-0.2, 0) is 0 Å². The summed E-state index contributed by atoms with van der Waals surface area (Å²) in [6.07, 6.45) is 4.98. The molecule has 2 fully saturated rings. The van der Waals surface area contributed by atoms with Crippen LogP contribution in [0.3, 0.4) is 0 Å². The van der Waals surface area contributed by atoms with Crippen molar-refractivity contribution in [3.05, 3.63) is 0 Å². The van der Waals surface area contributed by atoms with Gasteiger partial charge in [0, 0.05) is 0 Å². The molecule has 0 bridgehead atoms. The molecule has 0 aromatic heterocycles. The van der Waals surface area contributed by atoms with Crippen molar-refractivity contribution in [1.29, 1.82) is 0 Å². The molecule has 0 radical (unpaired) electrons. The quantitative estimate of drug-likeness (QED) is 0.544. The zero-order valence-corrected chi connectivity index (χ0v) is 6.59. The minimum Gasteiger partial charge on any atom is -0.393 e. The largest absolute Gasteiger partial charge is 0.393 e. The number of hydrogen-bond acceptors (Lipinski definition) is 1. The number of hydrogen-bond donors (Lipinski definition) is 1. The van der Waals surface area contributed by atoms with Gasteiger partial charge in [-0.05, 0) is 43.4 Å². The van der Waals surface area contributed by atoms with Gasteiger partial charge in [-0.2, -0.15) is 0 Å². The van der Waals surface area contributed by atoms with E-state index < -0.39 is 0 Å². The van der Waals surface area contributed by atoms with E-state index in [1.54, 1.807) is 0 Å². The van der Waals surface area contributed by atoms with Gasteiger partial charge in [-0.25, -0.2) is 0 Å². The van der Waals surface area contributed by atoms with Crippen molar-refractivity contribution in [2.24, 2.45) is 17.8 Å². The van der Waals surface area contributed by atoms with Crippen molar-refractivity contribution in [1.82, 2.24) is 0 Å². The topological polar surface area (TPSA) is 20.2 Å². The molecule has 0 heterocycles. The van der Waals surface area contributed by atoms with E-state index in [2.05, 4.69) is 6.92 Å². The predicted octanol–water partition coefficient (Wildman–Crippen LogP) is 1.80. The molecule has 4 atom stereocenters. The summed E-state index contributed by atoms with van der Waals surface area (Å²) in [4.78, 5) is 0. The molecule has 1 N–H and O–H groups in total. The molecule has 0 saturated heterocycles. The van der Waals surface area contributed by atoms with E-state index in [0.717, 1.165) is 30.6 Å². The van der Waals surface area contributed by atoms with Crippen molar-refractivity contribution in [2.45, 2.75) is 38.7 Å². The summed E-state index contributed by atoms with van der Waals surface area (Å²) in [5.74, 6) is 2.69. The molecule has 2 aliphatic rings. The molecule has 1 heteroatoms. The van der Waals surface area contributed by atoms with Crippen LogP contribution in [0.2, 0.25) is 0 Å². The van der Waals surface area contributed by atoms with Gasteiger partial charge in [0.25, 0.3) is 0 Å². The summed E-state index contributed by atoms with van der Waals surface area (Å²) < 4.78 is 0. The van der Waals surface area contributed by atoms with Crippen molar-refractivity contribution >= 4 is 0 Å². The van der Waals surface area contributed by atoms with Gasteiger partial charge in [0.15, 0.2) is 0 Å². The van der Waals surface area contributed by atoms with E-state index in [9.17, 15) is 5.11 Å². The second-order valence-corrected chi connectivity index (χ2v) is 4.22. The third-order valence-corrected chi connectivity index (χ3v) is 3.23. The first-order chi connectivity index (χ1) is 4.75. The highest BCUT2D eigenvalue weighted by molar-refractivity contribution is 4.90. The maximum atomic E-state index is 9.32. The highest BCUT2D eigenvalue weighted by Crippen LogP contribution is 2.46. The van der Waals surface area contributed by atoms with Crippen LogP contribution in [0.1, 0.15) is 32.6 Å². The highest BCUT2D eigenvalue weighted by atomic mass is 16.3. The summed E-state index contributed by atoms with van der Waals surface area (Å²) in [5, 5.41) is 9.32. The van der Waals surface area contributed by atoms with Gasteiger partial charge < -0.3 is 5.11 Å². The van der Waals surface area contributed by atoms with E-state index >= 15 is 0 Å². The van der Waals surface area contributed by atoms with Gasteiger partial charge >= 0.3 is 0 Å². The molecule has 0 aromatic rings. The minimum atomic E-state index is 0.0440. The van der Waals surface area contributed by atoms with E-state index in [-0.39, 0.29) is 6.10 Å². The van der Waals surface area contributed by atoms with Crippen molar-refractivity contribution in [3.8, 4) is 0 Å². The Morgan fingerprint density at radius 3 is 2.00 bits per heavy atom. The summed E-state index contributed by atoms with van der Waals surface area (Å²) in [5.41, 5.74) is 0. The lowest BCUT2D eigenvalue weighted by Crippen LogP contribution is -2.01. The second-order valence-electron chi connectivity index (χ2n) is 4.22. The van der Waals surface area contributed by atoms with Gasteiger partial charge in [0.1, 0.15) is 0 Å². The molecule has 10 heavy (non-hydrogen) atoms. The van der Waals surface area contributed by atoms with Gasteiger partial charge in [0.05, 0.1) is 6.10 Å². The highest BCUT2D eigenvalue weighted by Gasteiger charge is 2.39. The average molecular weight is 140 g/mol. The van der Waals surface area contributed by atoms with E-state index in [1.165, 1.54) is 12.8 Å². The first-order valence-corrected chi connectivity index (χ1v) is 4.43. The molecule has 58 valence electrons. The van der Waals surface area contributed by atoms with Gasteiger partial charge in [0.2, 0.25) is 0 Å². The lowest BCUT2D eigenvalue weighted by atomic mass is 10.0. The molecular formula is C9H16O. The summed E-state index contributed by atoms with van der Waals surface area (Å²) in [6.45, 7) is 2.34.